The van der Waals surface area contributed by atoms with Crippen molar-refractivity contribution in [2.75, 3.05) is 33.5 Å². The molecule has 7 heteroatoms. The first kappa shape index (κ1) is 17.9. The number of benzene rings is 1. The van der Waals surface area contributed by atoms with Crippen molar-refractivity contribution >= 4 is 28.8 Å². The Hall–Kier alpha value is -1.47. The molecule has 0 aliphatic heterocycles. The lowest BCUT2D eigenvalue weighted by Crippen LogP contribution is -2.25. The fraction of sp³-hybridized carbons (Fsp3) is 0.375. The Morgan fingerprint density at radius 1 is 1.35 bits per heavy atom. The molecule has 1 amide bonds. The maximum Gasteiger partial charge on any atom is 0.270 e. The Morgan fingerprint density at radius 2 is 2.22 bits per heavy atom. The first-order chi connectivity index (χ1) is 11.2. The third kappa shape index (κ3) is 5.91. The number of amides is 1. The van der Waals surface area contributed by atoms with Crippen molar-refractivity contribution in [2.24, 2.45) is 0 Å². The van der Waals surface area contributed by atoms with E-state index < -0.39 is 0 Å². The summed E-state index contributed by atoms with van der Waals surface area (Å²) >= 11 is 7.40. The third-order valence-electron chi connectivity index (χ3n) is 2.99. The molecule has 0 fully saturated rings. The van der Waals surface area contributed by atoms with Gasteiger partial charge in [0.05, 0.1) is 13.2 Å². The monoisotopic (exact) mass is 354 g/mol. The molecule has 0 bridgehead atoms. The number of nitrogens with one attached hydrogen (secondary N) is 1. The van der Waals surface area contributed by atoms with Crippen molar-refractivity contribution in [3.63, 3.8) is 0 Å². The number of carbonyl (C=O) groups is 1. The summed E-state index contributed by atoms with van der Waals surface area (Å²) in [4.78, 5) is 16.4. The van der Waals surface area contributed by atoms with Crippen molar-refractivity contribution in [2.45, 2.75) is 6.42 Å². The van der Waals surface area contributed by atoms with Crippen LogP contribution in [0.1, 0.15) is 16.9 Å². The molecule has 0 aliphatic carbocycles. The summed E-state index contributed by atoms with van der Waals surface area (Å²) in [6.07, 6.45) is 0.751. The number of rotatable bonds is 9. The Bertz CT molecular complexity index is 633. The lowest BCUT2D eigenvalue weighted by molar-refractivity contribution is 0.0688. The quantitative estimate of drug-likeness (QED) is 0.702. The van der Waals surface area contributed by atoms with Crippen LogP contribution >= 0.6 is 22.9 Å². The third-order valence-corrected chi connectivity index (χ3v) is 4.12. The number of ether oxygens (including phenoxy) is 2. The van der Waals surface area contributed by atoms with Crippen molar-refractivity contribution in [3.8, 4) is 10.6 Å². The van der Waals surface area contributed by atoms with Crippen LogP contribution in [-0.4, -0.2) is 44.4 Å². The van der Waals surface area contributed by atoms with E-state index in [1.807, 2.05) is 18.2 Å². The van der Waals surface area contributed by atoms with E-state index >= 15 is 0 Å². The molecule has 0 unspecified atom stereocenters. The fourth-order valence-corrected chi connectivity index (χ4v) is 2.83. The van der Waals surface area contributed by atoms with E-state index in [1.54, 1.807) is 18.6 Å². The van der Waals surface area contributed by atoms with Crippen LogP contribution in [0.5, 0.6) is 0 Å². The summed E-state index contributed by atoms with van der Waals surface area (Å²) in [5.41, 5.74) is 1.33. The van der Waals surface area contributed by atoms with Gasteiger partial charge in [-0.25, -0.2) is 4.98 Å². The van der Waals surface area contributed by atoms with E-state index in [1.165, 1.54) is 11.3 Å². The highest BCUT2D eigenvalue weighted by molar-refractivity contribution is 7.13. The van der Waals surface area contributed by atoms with Gasteiger partial charge in [0.1, 0.15) is 10.7 Å². The molecule has 0 spiro atoms. The van der Waals surface area contributed by atoms with Crippen LogP contribution in [0.4, 0.5) is 0 Å². The predicted molar refractivity (Wildman–Crippen MR) is 92.2 cm³/mol. The first-order valence-electron chi connectivity index (χ1n) is 7.27. The van der Waals surface area contributed by atoms with E-state index in [4.69, 9.17) is 21.1 Å². The Kier molecular flexibility index (Phi) is 7.48. The molecule has 1 aromatic carbocycles. The fourth-order valence-electron chi connectivity index (χ4n) is 1.84. The number of methoxy groups -OCH3 is 1. The minimum Gasteiger partial charge on any atom is -0.382 e. The van der Waals surface area contributed by atoms with E-state index in [2.05, 4.69) is 10.3 Å². The van der Waals surface area contributed by atoms with E-state index in [0.717, 1.165) is 17.0 Å². The number of thiazole rings is 1. The minimum atomic E-state index is -0.175. The molecule has 0 atom stereocenters. The van der Waals surface area contributed by atoms with Gasteiger partial charge < -0.3 is 14.8 Å². The van der Waals surface area contributed by atoms with Gasteiger partial charge in [-0.3, -0.25) is 4.79 Å². The van der Waals surface area contributed by atoms with Gasteiger partial charge in [-0.05, 0) is 18.6 Å². The van der Waals surface area contributed by atoms with E-state index in [-0.39, 0.29) is 5.91 Å². The van der Waals surface area contributed by atoms with Crippen LogP contribution in [0.25, 0.3) is 10.6 Å². The zero-order valence-electron chi connectivity index (χ0n) is 12.9. The Balaban J connectivity index is 1.78. The molecule has 5 nitrogen and oxygen atoms in total. The van der Waals surface area contributed by atoms with Gasteiger partial charge in [-0.1, -0.05) is 23.7 Å². The number of aromatic nitrogens is 1. The molecule has 0 saturated carbocycles. The van der Waals surface area contributed by atoms with Crippen molar-refractivity contribution in [1.82, 2.24) is 10.3 Å². The summed E-state index contributed by atoms with van der Waals surface area (Å²) in [6, 6.07) is 7.42. The molecule has 23 heavy (non-hydrogen) atoms. The number of hydrogen-bond donors (Lipinski definition) is 1. The summed E-state index contributed by atoms with van der Waals surface area (Å²) in [6.45, 7) is 2.29. The second kappa shape index (κ2) is 9.62. The zero-order chi connectivity index (χ0) is 16.5. The molecule has 0 aliphatic rings. The maximum absolute atomic E-state index is 12.0. The average molecular weight is 355 g/mol. The molecule has 0 saturated heterocycles. The molecule has 0 radical (unpaired) electrons. The van der Waals surface area contributed by atoms with Gasteiger partial charge in [-0.15, -0.1) is 11.3 Å². The second-order valence-electron chi connectivity index (χ2n) is 4.76. The Morgan fingerprint density at radius 3 is 3.00 bits per heavy atom. The average Bonchev–Trinajstić information content (AvgIpc) is 3.04. The summed E-state index contributed by atoms with van der Waals surface area (Å²) in [5.74, 6) is -0.175. The smallest absolute Gasteiger partial charge is 0.270 e. The zero-order valence-corrected chi connectivity index (χ0v) is 14.5. The number of carbonyl (C=O) groups excluding carboxylic acids is 1. The highest BCUT2D eigenvalue weighted by Gasteiger charge is 2.11. The highest BCUT2D eigenvalue weighted by Crippen LogP contribution is 2.25. The molecule has 1 N–H and O–H groups in total. The normalized spacial score (nSPS) is 10.7. The maximum atomic E-state index is 12.0. The van der Waals surface area contributed by atoms with Gasteiger partial charge in [0.15, 0.2) is 0 Å². The molecule has 2 aromatic rings. The summed E-state index contributed by atoms with van der Waals surface area (Å²) < 4.78 is 10.2. The summed E-state index contributed by atoms with van der Waals surface area (Å²) in [5, 5.41) is 6.01. The van der Waals surface area contributed by atoms with Crippen molar-refractivity contribution < 1.29 is 14.3 Å². The lowest BCUT2D eigenvalue weighted by atomic mass is 10.2. The second-order valence-corrected chi connectivity index (χ2v) is 6.06. The molecule has 1 heterocycles. The number of nitrogens with zero attached hydrogens (tertiary/aromatic N) is 1. The Labute approximate surface area is 144 Å². The SMILES string of the molecule is COCCOCCCNC(=O)c1csc(-c2cccc(Cl)c2)n1. The van der Waals surface area contributed by atoms with Crippen LogP contribution in [0, 0.1) is 0 Å². The van der Waals surface area contributed by atoms with Crippen LogP contribution in [0.3, 0.4) is 0 Å². The van der Waals surface area contributed by atoms with Gasteiger partial charge in [0.25, 0.3) is 5.91 Å². The van der Waals surface area contributed by atoms with Gasteiger partial charge in [0, 0.05) is 36.2 Å². The number of halogens is 1. The molecular formula is C16H19ClN2O3S. The van der Waals surface area contributed by atoms with Gasteiger partial charge in [-0.2, -0.15) is 0 Å². The van der Waals surface area contributed by atoms with E-state index in [0.29, 0.717) is 37.1 Å². The predicted octanol–water partition coefficient (Wildman–Crippen LogP) is 3.25. The van der Waals surface area contributed by atoms with Crippen molar-refractivity contribution in [1.29, 1.82) is 0 Å². The molecular weight excluding hydrogens is 336 g/mol. The van der Waals surface area contributed by atoms with Crippen LogP contribution in [0.15, 0.2) is 29.6 Å². The standard InChI is InChI=1S/C16H19ClN2O3S/c1-21-8-9-22-7-3-6-18-15(20)14-11-23-16(19-14)12-4-2-5-13(17)10-12/h2,4-5,10-11H,3,6-9H2,1H3,(H,18,20). The topological polar surface area (TPSA) is 60.5 Å². The van der Waals surface area contributed by atoms with Crippen LogP contribution in [0.2, 0.25) is 5.02 Å². The van der Waals surface area contributed by atoms with E-state index in [9.17, 15) is 4.79 Å². The minimum absolute atomic E-state index is 0.175. The largest absolute Gasteiger partial charge is 0.382 e. The summed E-state index contributed by atoms with van der Waals surface area (Å²) in [7, 11) is 1.63. The number of hydrogen-bond acceptors (Lipinski definition) is 5. The molecule has 2 rings (SSSR count). The van der Waals surface area contributed by atoms with Crippen LogP contribution < -0.4 is 5.32 Å². The van der Waals surface area contributed by atoms with Crippen molar-refractivity contribution in [3.05, 3.63) is 40.4 Å². The molecule has 1 aromatic heterocycles. The first-order valence-corrected chi connectivity index (χ1v) is 8.53. The molecule has 124 valence electrons. The van der Waals surface area contributed by atoms with Gasteiger partial charge >= 0.3 is 0 Å². The van der Waals surface area contributed by atoms with Crippen LogP contribution in [-0.2, 0) is 9.47 Å². The highest BCUT2D eigenvalue weighted by atomic mass is 35.5. The van der Waals surface area contributed by atoms with Gasteiger partial charge in [0.2, 0.25) is 0 Å². The lowest BCUT2D eigenvalue weighted by Gasteiger charge is -2.04.